The van der Waals surface area contributed by atoms with Crippen LogP contribution in [0.4, 0.5) is 0 Å². The summed E-state index contributed by atoms with van der Waals surface area (Å²) in [7, 11) is 3.29. The molecule has 0 aliphatic heterocycles. The van der Waals surface area contributed by atoms with Crippen molar-refractivity contribution in [2.24, 2.45) is 0 Å². The second kappa shape index (κ2) is 5.85. The number of rotatable bonds is 5. The van der Waals surface area contributed by atoms with Gasteiger partial charge in [0.1, 0.15) is 0 Å². The lowest BCUT2D eigenvalue weighted by Gasteiger charge is -2.03. The molecule has 5 heteroatoms. The fourth-order valence-corrected chi connectivity index (χ4v) is 3.78. The predicted molar refractivity (Wildman–Crippen MR) is 56.7 cm³/mol. The van der Waals surface area contributed by atoms with E-state index in [2.05, 4.69) is 4.98 Å². The maximum absolute atomic E-state index is 9.24. The van der Waals surface area contributed by atoms with Gasteiger partial charge in [-0.15, -0.1) is 11.3 Å². The monoisotopic (exact) mass is 221 g/mol. The largest absolute Gasteiger partial charge is 0.392 e. The summed E-state index contributed by atoms with van der Waals surface area (Å²) in [6.45, 7) is 1.99. The molecule has 1 unspecified atom stereocenters. The zero-order valence-corrected chi connectivity index (χ0v) is 9.21. The van der Waals surface area contributed by atoms with E-state index >= 15 is 0 Å². The first-order valence-electron chi connectivity index (χ1n) is 3.70. The Labute approximate surface area is 84.2 Å². The van der Waals surface area contributed by atoms with E-state index in [1.54, 1.807) is 39.1 Å². The van der Waals surface area contributed by atoms with Crippen molar-refractivity contribution >= 4 is 32.9 Å². The lowest BCUT2D eigenvalue weighted by Crippen LogP contribution is -2.06. The first kappa shape index (κ1) is 10.4. The summed E-state index contributed by atoms with van der Waals surface area (Å²) in [5, 5.41) is 11.2. The third kappa shape index (κ3) is 3.80. The lowest BCUT2D eigenvalue weighted by atomic mass is 10.3. The van der Waals surface area contributed by atoms with Crippen molar-refractivity contribution in [3.8, 4) is 0 Å². The van der Waals surface area contributed by atoms with Crippen molar-refractivity contribution < 1.29 is 5.11 Å². The van der Waals surface area contributed by atoms with Crippen LogP contribution in [-0.4, -0.2) is 21.9 Å². The SMILES string of the molecule is CCC(O)CSSc1nccs1. The van der Waals surface area contributed by atoms with Crippen molar-refractivity contribution in [2.75, 3.05) is 5.75 Å². The Hall–Kier alpha value is 0.290. The van der Waals surface area contributed by atoms with Gasteiger partial charge in [-0.1, -0.05) is 17.7 Å². The molecule has 0 fully saturated rings. The van der Waals surface area contributed by atoms with Crippen LogP contribution < -0.4 is 0 Å². The molecule has 0 aromatic carbocycles. The molecule has 12 heavy (non-hydrogen) atoms. The second-order valence-electron chi connectivity index (χ2n) is 2.23. The molecule has 68 valence electrons. The molecule has 0 aliphatic rings. The minimum atomic E-state index is -0.178. The fourth-order valence-electron chi connectivity index (χ4n) is 0.532. The Balaban J connectivity index is 2.11. The van der Waals surface area contributed by atoms with Gasteiger partial charge in [0.2, 0.25) is 0 Å². The lowest BCUT2D eigenvalue weighted by molar-refractivity contribution is 0.195. The number of aromatic nitrogens is 1. The molecule has 2 nitrogen and oxygen atoms in total. The minimum absolute atomic E-state index is 0.178. The Morgan fingerprint density at radius 2 is 2.58 bits per heavy atom. The molecule has 1 aromatic heterocycles. The van der Waals surface area contributed by atoms with E-state index in [-0.39, 0.29) is 6.10 Å². The van der Waals surface area contributed by atoms with Crippen LogP contribution in [0.5, 0.6) is 0 Å². The van der Waals surface area contributed by atoms with Crippen molar-refractivity contribution in [1.82, 2.24) is 4.98 Å². The summed E-state index contributed by atoms with van der Waals surface area (Å²) in [4.78, 5) is 4.12. The van der Waals surface area contributed by atoms with Crippen LogP contribution in [0.2, 0.25) is 0 Å². The Bertz CT molecular complexity index is 202. The van der Waals surface area contributed by atoms with Crippen LogP contribution in [0, 0.1) is 0 Å². The van der Waals surface area contributed by atoms with Crippen molar-refractivity contribution in [2.45, 2.75) is 23.8 Å². The zero-order chi connectivity index (χ0) is 8.81. The third-order valence-electron chi connectivity index (χ3n) is 1.27. The smallest absolute Gasteiger partial charge is 0.160 e. The topological polar surface area (TPSA) is 33.1 Å². The highest BCUT2D eigenvalue weighted by atomic mass is 33.1. The van der Waals surface area contributed by atoms with Crippen LogP contribution in [0.3, 0.4) is 0 Å². The van der Waals surface area contributed by atoms with E-state index < -0.39 is 0 Å². The van der Waals surface area contributed by atoms with E-state index in [4.69, 9.17) is 0 Å². The van der Waals surface area contributed by atoms with Crippen LogP contribution in [0.25, 0.3) is 0 Å². The summed E-state index contributed by atoms with van der Waals surface area (Å²) in [5.41, 5.74) is 0. The van der Waals surface area contributed by atoms with Gasteiger partial charge in [-0.05, 0) is 17.2 Å². The number of hydrogen-bond acceptors (Lipinski definition) is 5. The van der Waals surface area contributed by atoms with Gasteiger partial charge in [0.15, 0.2) is 4.34 Å². The summed E-state index contributed by atoms with van der Waals surface area (Å²) < 4.78 is 1.06. The fraction of sp³-hybridized carbons (Fsp3) is 0.571. The molecule has 0 saturated heterocycles. The minimum Gasteiger partial charge on any atom is -0.392 e. The first-order valence-corrected chi connectivity index (χ1v) is 6.89. The molecule has 0 aliphatic carbocycles. The number of thiazole rings is 1. The van der Waals surface area contributed by atoms with Gasteiger partial charge in [-0.25, -0.2) is 4.98 Å². The maximum atomic E-state index is 9.24. The summed E-state index contributed by atoms with van der Waals surface area (Å²) in [6, 6.07) is 0. The molecule has 1 rings (SSSR count). The average Bonchev–Trinajstić information content (AvgIpc) is 2.57. The first-order chi connectivity index (χ1) is 5.83. The molecule has 0 bridgehead atoms. The van der Waals surface area contributed by atoms with Gasteiger partial charge >= 0.3 is 0 Å². The Morgan fingerprint density at radius 3 is 3.17 bits per heavy atom. The summed E-state index contributed by atoms with van der Waals surface area (Å²) in [5.74, 6) is 0.779. The van der Waals surface area contributed by atoms with Gasteiger partial charge < -0.3 is 5.11 Å². The second-order valence-corrected chi connectivity index (χ2v) is 5.71. The summed E-state index contributed by atoms with van der Waals surface area (Å²) >= 11 is 1.63. The number of aliphatic hydroxyl groups is 1. The van der Waals surface area contributed by atoms with Crippen LogP contribution in [0.15, 0.2) is 15.9 Å². The van der Waals surface area contributed by atoms with Crippen LogP contribution in [-0.2, 0) is 0 Å². The molecule has 1 atom stereocenters. The molecular formula is C7H11NOS3. The molecule has 1 aromatic rings. The molecule has 0 radical (unpaired) electrons. The van der Waals surface area contributed by atoms with E-state index in [9.17, 15) is 5.11 Å². The highest BCUT2D eigenvalue weighted by Crippen LogP contribution is 2.32. The normalized spacial score (nSPS) is 13.2. The van der Waals surface area contributed by atoms with Gasteiger partial charge in [-0.3, -0.25) is 0 Å². The van der Waals surface area contributed by atoms with Gasteiger partial charge in [-0.2, -0.15) is 0 Å². The van der Waals surface area contributed by atoms with Crippen molar-refractivity contribution in [1.29, 1.82) is 0 Å². The molecule has 1 heterocycles. The Kier molecular flexibility index (Phi) is 5.06. The van der Waals surface area contributed by atoms with Gasteiger partial charge in [0, 0.05) is 17.3 Å². The molecule has 1 N–H and O–H groups in total. The number of nitrogens with zero attached hydrogens (tertiary/aromatic N) is 1. The average molecular weight is 221 g/mol. The van der Waals surface area contributed by atoms with Gasteiger partial charge in [0.25, 0.3) is 0 Å². The van der Waals surface area contributed by atoms with E-state index in [1.165, 1.54) is 0 Å². The Morgan fingerprint density at radius 1 is 1.75 bits per heavy atom. The number of hydrogen-bond donors (Lipinski definition) is 1. The van der Waals surface area contributed by atoms with E-state index in [1.807, 2.05) is 12.3 Å². The highest BCUT2D eigenvalue weighted by Gasteiger charge is 2.02. The van der Waals surface area contributed by atoms with Gasteiger partial charge in [0.05, 0.1) is 6.10 Å². The van der Waals surface area contributed by atoms with Crippen molar-refractivity contribution in [3.05, 3.63) is 11.6 Å². The molecule has 0 spiro atoms. The van der Waals surface area contributed by atoms with Crippen molar-refractivity contribution in [3.63, 3.8) is 0 Å². The molecule has 0 saturated carbocycles. The van der Waals surface area contributed by atoms with Crippen LogP contribution in [0.1, 0.15) is 13.3 Å². The molecular weight excluding hydrogens is 210 g/mol. The van der Waals surface area contributed by atoms with Crippen LogP contribution >= 0.6 is 32.9 Å². The maximum Gasteiger partial charge on any atom is 0.160 e. The third-order valence-corrected chi connectivity index (χ3v) is 4.81. The zero-order valence-electron chi connectivity index (χ0n) is 6.77. The standard InChI is InChI=1S/C7H11NOS3/c1-2-6(9)5-11-12-7-8-3-4-10-7/h3-4,6,9H,2,5H2,1H3. The quantitative estimate of drug-likeness (QED) is 0.775. The predicted octanol–water partition coefficient (Wildman–Crippen LogP) is 2.65. The van der Waals surface area contributed by atoms with E-state index in [0.717, 1.165) is 16.5 Å². The molecule has 0 amide bonds. The highest BCUT2D eigenvalue weighted by molar-refractivity contribution is 8.77. The number of aliphatic hydroxyl groups excluding tert-OH is 1. The summed E-state index contributed by atoms with van der Waals surface area (Å²) in [6.07, 6.45) is 2.44. The van der Waals surface area contributed by atoms with E-state index in [0.29, 0.717) is 0 Å².